The molecule has 0 spiro atoms. The van der Waals surface area contributed by atoms with E-state index in [2.05, 4.69) is 20.5 Å². The van der Waals surface area contributed by atoms with Crippen molar-refractivity contribution in [2.75, 3.05) is 11.1 Å². The number of benzene rings is 2. The van der Waals surface area contributed by atoms with Crippen LogP contribution in [-0.2, 0) is 4.79 Å². The zero-order chi connectivity index (χ0) is 17.2. The number of rotatable bonds is 4. The van der Waals surface area contributed by atoms with Gasteiger partial charge in [0.15, 0.2) is 0 Å². The van der Waals surface area contributed by atoms with Crippen molar-refractivity contribution in [1.29, 1.82) is 0 Å². The van der Waals surface area contributed by atoms with Gasteiger partial charge in [-0.25, -0.2) is 4.39 Å². The summed E-state index contributed by atoms with van der Waals surface area (Å²) in [6, 6.07) is 13.8. The second-order valence-corrected chi connectivity index (χ2v) is 6.42. The smallest absolute Gasteiger partial charge is 0.234 e. The Hall–Kier alpha value is -2.93. The topological polar surface area (TPSA) is 70.7 Å². The Labute approximate surface area is 146 Å². The maximum atomic E-state index is 13.5. The molecule has 2 heterocycles. The van der Waals surface area contributed by atoms with Crippen LogP contribution >= 0.6 is 11.8 Å². The number of halogens is 1. The van der Waals surface area contributed by atoms with Crippen molar-refractivity contribution < 1.29 is 9.18 Å². The van der Waals surface area contributed by atoms with Crippen LogP contribution < -0.4 is 5.32 Å². The molecular formula is C18H13FN4OS. The number of carbonyl (C=O) groups is 1. The van der Waals surface area contributed by atoms with Gasteiger partial charge in [-0.05, 0) is 30.3 Å². The normalized spacial score (nSPS) is 11.1. The summed E-state index contributed by atoms with van der Waals surface area (Å²) >= 11 is 1.29. The van der Waals surface area contributed by atoms with Gasteiger partial charge in [-0.3, -0.25) is 4.79 Å². The number of thioether (sulfide) groups is 1. The average Bonchev–Trinajstić information content (AvgIpc) is 2.99. The van der Waals surface area contributed by atoms with Crippen molar-refractivity contribution in [2.45, 2.75) is 5.03 Å². The summed E-state index contributed by atoms with van der Waals surface area (Å²) in [5.41, 5.74) is 2.31. The largest absolute Gasteiger partial charge is 0.352 e. The second-order valence-electron chi connectivity index (χ2n) is 5.46. The van der Waals surface area contributed by atoms with Crippen LogP contribution in [0.5, 0.6) is 0 Å². The zero-order valence-corrected chi connectivity index (χ0v) is 13.8. The van der Waals surface area contributed by atoms with Gasteiger partial charge in [-0.15, -0.1) is 5.10 Å². The van der Waals surface area contributed by atoms with E-state index in [1.165, 1.54) is 23.9 Å². The van der Waals surface area contributed by atoms with Crippen LogP contribution in [0.15, 0.2) is 59.8 Å². The Balaban J connectivity index is 1.57. The van der Waals surface area contributed by atoms with Crippen LogP contribution in [0.25, 0.3) is 21.8 Å². The molecule has 2 aromatic heterocycles. The number of fused-ring (bicyclic) bond motifs is 3. The highest BCUT2D eigenvalue weighted by molar-refractivity contribution is 8.00. The van der Waals surface area contributed by atoms with Crippen LogP contribution in [0.4, 0.5) is 10.1 Å². The van der Waals surface area contributed by atoms with Gasteiger partial charge in [0.25, 0.3) is 0 Å². The molecule has 0 atom stereocenters. The van der Waals surface area contributed by atoms with Gasteiger partial charge in [0, 0.05) is 22.0 Å². The van der Waals surface area contributed by atoms with Crippen molar-refractivity contribution in [3.05, 3.63) is 60.5 Å². The summed E-state index contributed by atoms with van der Waals surface area (Å²) in [4.78, 5) is 15.3. The maximum Gasteiger partial charge on any atom is 0.234 e. The van der Waals surface area contributed by atoms with Gasteiger partial charge in [0.2, 0.25) is 5.91 Å². The lowest BCUT2D eigenvalue weighted by Gasteiger charge is -2.04. The van der Waals surface area contributed by atoms with Crippen LogP contribution in [0, 0.1) is 5.82 Å². The number of aromatic amines is 1. The lowest BCUT2D eigenvalue weighted by Crippen LogP contribution is -2.14. The highest BCUT2D eigenvalue weighted by atomic mass is 32.2. The van der Waals surface area contributed by atoms with E-state index in [1.807, 2.05) is 30.3 Å². The third-order valence-electron chi connectivity index (χ3n) is 3.75. The monoisotopic (exact) mass is 352 g/mol. The minimum absolute atomic E-state index is 0.128. The van der Waals surface area contributed by atoms with Crippen molar-refractivity contribution in [3.8, 4) is 0 Å². The molecule has 0 aliphatic heterocycles. The third kappa shape index (κ3) is 3.18. The molecule has 0 radical (unpaired) electrons. The molecule has 0 fully saturated rings. The highest BCUT2D eigenvalue weighted by Crippen LogP contribution is 2.30. The van der Waals surface area contributed by atoms with Gasteiger partial charge < -0.3 is 10.3 Å². The SMILES string of the molecule is O=C(CSc1nncc2c1[nH]c1ccc(F)cc12)Nc1ccccc1. The van der Waals surface area contributed by atoms with E-state index < -0.39 is 0 Å². The summed E-state index contributed by atoms with van der Waals surface area (Å²) in [6.07, 6.45) is 1.60. The number of aromatic nitrogens is 3. The Bertz CT molecular complexity index is 1060. The molecule has 0 unspecified atom stereocenters. The number of carbonyl (C=O) groups excluding carboxylic acids is 1. The van der Waals surface area contributed by atoms with Gasteiger partial charge in [-0.2, -0.15) is 5.10 Å². The zero-order valence-electron chi connectivity index (χ0n) is 13.0. The van der Waals surface area contributed by atoms with E-state index in [9.17, 15) is 9.18 Å². The average molecular weight is 352 g/mol. The molecule has 0 aliphatic carbocycles. The Morgan fingerprint density at radius 3 is 2.84 bits per heavy atom. The summed E-state index contributed by atoms with van der Waals surface area (Å²) in [5, 5.41) is 13.1. The van der Waals surface area contributed by atoms with Crippen LogP contribution in [0.3, 0.4) is 0 Å². The molecule has 0 bridgehead atoms. The molecular weight excluding hydrogens is 339 g/mol. The van der Waals surface area contributed by atoms with Gasteiger partial charge in [0.1, 0.15) is 10.8 Å². The van der Waals surface area contributed by atoms with Gasteiger partial charge in [-0.1, -0.05) is 30.0 Å². The predicted octanol–water partition coefficient (Wildman–Crippen LogP) is 3.98. The molecule has 2 aromatic carbocycles. The van der Waals surface area contributed by atoms with E-state index in [0.29, 0.717) is 5.03 Å². The first kappa shape index (κ1) is 15.6. The number of hydrogen-bond donors (Lipinski definition) is 2. The molecule has 0 aliphatic rings. The summed E-state index contributed by atoms with van der Waals surface area (Å²) in [6.45, 7) is 0. The van der Waals surface area contributed by atoms with E-state index in [1.54, 1.807) is 12.3 Å². The van der Waals surface area contributed by atoms with Crippen LogP contribution in [0.2, 0.25) is 0 Å². The summed E-state index contributed by atoms with van der Waals surface area (Å²) < 4.78 is 13.5. The van der Waals surface area contributed by atoms with E-state index in [0.717, 1.165) is 27.5 Å². The van der Waals surface area contributed by atoms with Crippen molar-refractivity contribution in [2.24, 2.45) is 0 Å². The molecule has 25 heavy (non-hydrogen) atoms. The Kier molecular flexibility index (Phi) is 4.07. The summed E-state index contributed by atoms with van der Waals surface area (Å²) in [7, 11) is 0. The quantitative estimate of drug-likeness (QED) is 0.545. The standard InChI is InChI=1S/C18H13FN4OS/c19-11-6-7-15-13(8-11)14-9-20-23-18(17(14)22-15)25-10-16(24)21-12-4-2-1-3-5-12/h1-9,22H,10H2,(H,21,24). The van der Waals surface area contributed by atoms with Crippen LogP contribution in [0.1, 0.15) is 0 Å². The Morgan fingerprint density at radius 2 is 2.00 bits per heavy atom. The minimum Gasteiger partial charge on any atom is -0.352 e. The molecule has 5 nitrogen and oxygen atoms in total. The van der Waals surface area contributed by atoms with E-state index >= 15 is 0 Å². The molecule has 0 saturated carbocycles. The molecule has 0 saturated heterocycles. The lowest BCUT2D eigenvalue weighted by atomic mass is 10.2. The second kappa shape index (κ2) is 6.52. The Morgan fingerprint density at radius 1 is 1.16 bits per heavy atom. The number of hydrogen-bond acceptors (Lipinski definition) is 4. The van der Waals surface area contributed by atoms with Crippen molar-refractivity contribution in [3.63, 3.8) is 0 Å². The van der Waals surface area contributed by atoms with Crippen LogP contribution in [-0.4, -0.2) is 26.8 Å². The predicted molar refractivity (Wildman–Crippen MR) is 97.1 cm³/mol. The highest BCUT2D eigenvalue weighted by Gasteiger charge is 2.13. The van der Waals surface area contributed by atoms with E-state index in [-0.39, 0.29) is 17.5 Å². The first-order chi connectivity index (χ1) is 12.2. The van der Waals surface area contributed by atoms with E-state index in [4.69, 9.17) is 0 Å². The molecule has 124 valence electrons. The molecule has 4 aromatic rings. The molecule has 4 rings (SSSR count). The number of nitrogens with zero attached hydrogens (tertiary/aromatic N) is 2. The number of nitrogens with one attached hydrogen (secondary N) is 2. The molecule has 2 N–H and O–H groups in total. The maximum absolute atomic E-state index is 13.5. The number of H-pyrrole nitrogens is 1. The lowest BCUT2D eigenvalue weighted by molar-refractivity contribution is -0.113. The first-order valence-corrected chi connectivity index (χ1v) is 8.59. The summed E-state index contributed by atoms with van der Waals surface area (Å²) in [5.74, 6) is -0.231. The fourth-order valence-electron chi connectivity index (χ4n) is 2.63. The minimum atomic E-state index is -0.304. The van der Waals surface area contributed by atoms with Gasteiger partial charge in [0.05, 0.1) is 17.5 Å². The molecule has 7 heteroatoms. The third-order valence-corrected chi connectivity index (χ3v) is 4.71. The first-order valence-electron chi connectivity index (χ1n) is 7.61. The fourth-order valence-corrected chi connectivity index (χ4v) is 3.38. The van der Waals surface area contributed by atoms with Crippen molar-refractivity contribution in [1.82, 2.24) is 15.2 Å². The number of para-hydroxylation sites is 1. The van der Waals surface area contributed by atoms with Crippen molar-refractivity contribution >= 4 is 45.2 Å². The number of anilines is 1. The van der Waals surface area contributed by atoms with Gasteiger partial charge >= 0.3 is 0 Å². The molecule has 1 amide bonds. The number of amides is 1. The fraction of sp³-hybridized carbons (Fsp3) is 0.0556.